The van der Waals surface area contributed by atoms with E-state index in [1.54, 1.807) is 17.1 Å². The molecule has 0 unspecified atom stereocenters. The SMILES string of the molecule is CCc1c(C(=O)Nc2n[nH]c(C(C)C)n2)cnn1-c1ccccn1. The summed E-state index contributed by atoms with van der Waals surface area (Å²) in [5.41, 5.74) is 1.27. The van der Waals surface area contributed by atoms with Gasteiger partial charge in [-0.05, 0) is 18.6 Å². The Bertz CT molecular complexity index is 835. The van der Waals surface area contributed by atoms with Crippen LogP contribution in [-0.2, 0) is 6.42 Å². The molecule has 1 amide bonds. The second-order valence-corrected chi connectivity index (χ2v) is 5.61. The number of nitrogens with one attached hydrogen (secondary N) is 2. The fourth-order valence-electron chi connectivity index (χ4n) is 2.34. The molecule has 3 aromatic heterocycles. The van der Waals surface area contributed by atoms with Gasteiger partial charge in [-0.25, -0.2) is 9.67 Å². The van der Waals surface area contributed by atoms with Crippen LogP contribution >= 0.6 is 0 Å². The van der Waals surface area contributed by atoms with Crippen LogP contribution in [0.4, 0.5) is 5.95 Å². The molecule has 0 aliphatic rings. The number of hydrogen-bond acceptors (Lipinski definition) is 5. The zero-order valence-corrected chi connectivity index (χ0v) is 13.8. The van der Waals surface area contributed by atoms with Crippen molar-refractivity contribution in [3.63, 3.8) is 0 Å². The molecule has 124 valence electrons. The molecule has 0 aromatic carbocycles. The minimum Gasteiger partial charge on any atom is -0.289 e. The molecule has 2 N–H and O–H groups in total. The standard InChI is InChI=1S/C16H19N7O/c1-4-12-11(9-18-23(12)13-7-5-6-8-17-13)15(24)20-16-19-14(10(2)3)21-22-16/h5-10H,4H2,1-3H3,(H2,19,20,21,22,24). The molecule has 0 saturated heterocycles. The predicted molar refractivity (Wildman–Crippen MR) is 89.2 cm³/mol. The summed E-state index contributed by atoms with van der Waals surface area (Å²) in [5.74, 6) is 1.58. The van der Waals surface area contributed by atoms with Crippen molar-refractivity contribution in [3.05, 3.63) is 47.7 Å². The van der Waals surface area contributed by atoms with Gasteiger partial charge in [-0.2, -0.15) is 10.1 Å². The molecule has 0 fully saturated rings. The summed E-state index contributed by atoms with van der Waals surface area (Å²) in [4.78, 5) is 21.1. The summed E-state index contributed by atoms with van der Waals surface area (Å²) >= 11 is 0. The van der Waals surface area contributed by atoms with Crippen LogP contribution in [0.3, 0.4) is 0 Å². The van der Waals surface area contributed by atoms with Gasteiger partial charge in [0.25, 0.3) is 5.91 Å². The van der Waals surface area contributed by atoms with Crippen molar-refractivity contribution in [1.29, 1.82) is 0 Å². The number of H-pyrrole nitrogens is 1. The van der Waals surface area contributed by atoms with Crippen molar-refractivity contribution in [2.24, 2.45) is 0 Å². The molecular formula is C16H19N7O. The van der Waals surface area contributed by atoms with E-state index in [0.717, 1.165) is 11.5 Å². The van der Waals surface area contributed by atoms with E-state index < -0.39 is 0 Å². The largest absolute Gasteiger partial charge is 0.289 e. The maximum atomic E-state index is 12.5. The van der Waals surface area contributed by atoms with E-state index in [2.05, 4.69) is 30.6 Å². The van der Waals surface area contributed by atoms with Crippen molar-refractivity contribution >= 4 is 11.9 Å². The van der Waals surface area contributed by atoms with Crippen LogP contribution in [0, 0.1) is 0 Å². The lowest BCUT2D eigenvalue weighted by atomic mass is 10.2. The van der Waals surface area contributed by atoms with E-state index in [0.29, 0.717) is 17.8 Å². The number of nitrogens with zero attached hydrogens (tertiary/aromatic N) is 5. The molecule has 0 bridgehead atoms. The second kappa shape index (κ2) is 6.61. The number of pyridine rings is 1. The number of hydrogen-bond donors (Lipinski definition) is 2. The maximum Gasteiger partial charge on any atom is 0.261 e. The minimum atomic E-state index is -0.289. The number of carbonyl (C=O) groups excluding carboxylic acids is 1. The molecule has 8 heteroatoms. The Morgan fingerprint density at radius 1 is 1.38 bits per heavy atom. The minimum absolute atomic E-state index is 0.209. The topological polar surface area (TPSA) is 101 Å². The predicted octanol–water partition coefficient (Wildman–Crippen LogP) is 2.32. The molecule has 0 aliphatic carbocycles. The van der Waals surface area contributed by atoms with Gasteiger partial charge in [0, 0.05) is 12.1 Å². The number of carbonyl (C=O) groups is 1. The van der Waals surface area contributed by atoms with Crippen molar-refractivity contribution in [2.75, 3.05) is 5.32 Å². The van der Waals surface area contributed by atoms with Crippen LogP contribution in [0.1, 0.15) is 48.6 Å². The van der Waals surface area contributed by atoms with E-state index in [1.165, 1.54) is 0 Å². The molecule has 0 spiro atoms. The van der Waals surface area contributed by atoms with E-state index >= 15 is 0 Å². The molecule has 0 radical (unpaired) electrons. The lowest BCUT2D eigenvalue weighted by Gasteiger charge is -2.06. The van der Waals surface area contributed by atoms with Crippen molar-refractivity contribution in [2.45, 2.75) is 33.1 Å². The number of amides is 1. The van der Waals surface area contributed by atoms with Crippen LogP contribution in [-0.4, -0.2) is 35.9 Å². The third kappa shape index (κ3) is 3.03. The lowest BCUT2D eigenvalue weighted by molar-refractivity contribution is 0.102. The number of rotatable bonds is 5. The smallest absolute Gasteiger partial charge is 0.261 e. The quantitative estimate of drug-likeness (QED) is 0.749. The average molecular weight is 325 g/mol. The Balaban J connectivity index is 1.86. The van der Waals surface area contributed by atoms with Gasteiger partial charge in [0.2, 0.25) is 5.95 Å². The highest BCUT2D eigenvalue weighted by atomic mass is 16.1. The summed E-state index contributed by atoms with van der Waals surface area (Å²) < 4.78 is 1.67. The normalized spacial score (nSPS) is 11.0. The summed E-state index contributed by atoms with van der Waals surface area (Å²) in [5, 5.41) is 13.8. The second-order valence-electron chi connectivity index (χ2n) is 5.61. The Morgan fingerprint density at radius 3 is 2.83 bits per heavy atom. The fraction of sp³-hybridized carbons (Fsp3) is 0.312. The van der Waals surface area contributed by atoms with Gasteiger partial charge in [0.05, 0.1) is 17.5 Å². The molecular weight excluding hydrogens is 306 g/mol. The zero-order valence-electron chi connectivity index (χ0n) is 13.8. The van der Waals surface area contributed by atoms with Gasteiger partial charge < -0.3 is 0 Å². The van der Waals surface area contributed by atoms with Gasteiger partial charge in [0.15, 0.2) is 5.82 Å². The highest BCUT2D eigenvalue weighted by Gasteiger charge is 2.19. The van der Waals surface area contributed by atoms with Gasteiger partial charge in [0.1, 0.15) is 5.82 Å². The highest BCUT2D eigenvalue weighted by Crippen LogP contribution is 2.16. The third-order valence-corrected chi connectivity index (χ3v) is 3.59. The van der Waals surface area contributed by atoms with Crippen LogP contribution < -0.4 is 5.32 Å². The van der Waals surface area contributed by atoms with Crippen LogP contribution in [0.15, 0.2) is 30.6 Å². The first-order valence-electron chi connectivity index (χ1n) is 7.82. The summed E-state index contributed by atoms with van der Waals surface area (Å²) in [6.45, 7) is 5.97. The summed E-state index contributed by atoms with van der Waals surface area (Å²) in [6, 6.07) is 5.56. The van der Waals surface area contributed by atoms with E-state index in [4.69, 9.17) is 0 Å². The van der Waals surface area contributed by atoms with Crippen molar-refractivity contribution in [3.8, 4) is 5.82 Å². The number of aromatic nitrogens is 6. The molecule has 24 heavy (non-hydrogen) atoms. The summed E-state index contributed by atoms with van der Waals surface area (Å²) in [7, 11) is 0. The molecule has 3 rings (SSSR count). The highest BCUT2D eigenvalue weighted by molar-refractivity contribution is 6.04. The lowest BCUT2D eigenvalue weighted by Crippen LogP contribution is -2.15. The van der Waals surface area contributed by atoms with Crippen LogP contribution in [0.5, 0.6) is 0 Å². The first-order valence-corrected chi connectivity index (χ1v) is 7.82. The Hall–Kier alpha value is -3.03. The van der Waals surface area contributed by atoms with Crippen LogP contribution in [0.25, 0.3) is 5.82 Å². The maximum absolute atomic E-state index is 12.5. The van der Waals surface area contributed by atoms with E-state index in [1.807, 2.05) is 39.0 Å². The molecule has 0 atom stereocenters. The Morgan fingerprint density at radius 2 is 2.21 bits per heavy atom. The molecule has 3 aromatic rings. The number of aromatic amines is 1. The molecule has 8 nitrogen and oxygen atoms in total. The van der Waals surface area contributed by atoms with Gasteiger partial charge in [-0.3, -0.25) is 15.2 Å². The third-order valence-electron chi connectivity index (χ3n) is 3.59. The Labute approximate surface area is 139 Å². The first-order chi connectivity index (χ1) is 11.6. The molecule has 0 saturated carbocycles. The number of anilines is 1. The van der Waals surface area contributed by atoms with Crippen molar-refractivity contribution in [1.82, 2.24) is 29.9 Å². The van der Waals surface area contributed by atoms with E-state index in [9.17, 15) is 4.79 Å². The Kier molecular flexibility index (Phi) is 4.37. The van der Waals surface area contributed by atoms with Crippen molar-refractivity contribution < 1.29 is 4.79 Å². The van der Waals surface area contributed by atoms with Gasteiger partial charge >= 0.3 is 0 Å². The van der Waals surface area contributed by atoms with E-state index in [-0.39, 0.29) is 17.8 Å². The van der Waals surface area contributed by atoms with Gasteiger partial charge in [-0.15, -0.1) is 5.10 Å². The molecule has 3 heterocycles. The monoisotopic (exact) mass is 325 g/mol. The zero-order chi connectivity index (χ0) is 17.1. The fourth-order valence-corrected chi connectivity index (χ4v) is 2.34. The first kappa shape index (κ1) is 15.9. The molecule has 0 aliphatic heterocycles. The van der Waals surface area contributed by atoms with Gasteiger partial charge in [-0.1, -0.05) is 26.8 Å². The summed E-state index contributed by atoms with van der Waals surface area (Å²) in [6.07, 6.45) is 3.88. The average Bonchev–Trinajstić information content (AvgIpc) is 3.22. The van der Waals surface area contributed by atoms with Crippen LogP contribution in [0.2, 0.25) is 0 Å².